The number of hydrogen-bond donors (Lipinski definition) is 1. The van der Waals surface area contributed by atoms with Gasteiger partial charge in [0.1, 0.15) is 5.75 Å². The Morgan fingerprint density at radius 3 is 2.40 bits per heavy atom. The Labute approximate surface area is 216 Å². The molecule has 0 saturated heterocycles. The second kappa shape index (κ2) is 10.3. The van der Waals surface area contributed by atoms with E-state index >= 15 is 0 Å². The summed E-state index contributed by atoms with van der Waals surface area (Å²) in [5.41, 5.74) is 3.38. The molecule has 3 aromatic carbocycles. The second-order valence-corrected chi connectivity index (χ2v) is 9.26. The Bertz CT molecular complexity index is 1350. The molecule has 1 atom stereocenters. The molecule has 35 heavy (non-hydrogen) atoms. The van der Waals surface area contributed by atoms with E-state index in [9.17, 15) is 4.79 Å². The average Bonchev–Trinajstić information content (AvgIpc) is 3.33. The Morgan fingerprint density at radius 2 is 1.71 bits per heavy atom. The summed E-state index contributed by atoms with van der Waals surface area (Å²) in [6.07, 6.45) is 1.56. The van der Waals surface area contributed by atoms with E-state index in [-0.39, 0.29) is 11.9 Å². The molecule has 0 aliphatic carbocycles. The molecule has 1 aliphatic heterocycles. The third-order valence-corrected chi connectivity index (χ3v) is 6.29. The van der Waals surface area contributed by atoms with Crippen LogP contribution in [0.4, 0.5) is 10.5 Å². The molecule has 0 unspecified atom stereocenters. The number of hydrogen-bond acceptors (Lipinski definition) is 4. The largest absolute Gasteiger partial charge is 0.439 e. The number of nitrogens with one attached hydrogen (secondary N) is 1. The minimum Gasteiger partial charge on any atom is -0.439 e. The maximum Gasteiger partial charge on any atom is 0.342 e. The molecule has 2 heterocycles. The summed E-state index contributed by atoms with van der Waals surface area (Å²) in [6, 6.07) is 28.1. The van der Waals surface area contributed by atoms with Crippen LogP contribution in [0.2, 0.25) is 5.02 Å². The zero-order valence-electron chi connectivity index (χ0n) is 18.4. The van der Waals surface area contributed by atoms with Crippen LogP contribution in [0.1, 0.15) is 17.0 Å². The number of carbonyl (C=O) groups excluding carboxylic acids is 1. The molecule has 4 aromatic rings. The van der Waals surface area contributed by atoms with Gasteiger partial charge in [-0.15, -0.1) is 0 Å². The number of urea groups is 1. The standard InChI is InChI=1S/C27H20BrClN4O2/c28-20-8-13-23(14-9-20)35-25-15-12-22(16-30-25)31-27(34)33-17-24(18-4-2-1-3-5-18)26(32-33)19-6-10-21(29)11-7-19/h1-16,24H,17H2,(H,31,34)/t24-/m0/s1. The number of pyridine rings is 1. The predicted molar refractivity (Wildman–Crippen MR) is 141 cm³/mol. The Hall–Kier alpha value is -3.68. The number of benzene rings is 3. The Balaban J connectivity index is 1.31. The van der Waals surface area contributed by atoms with Gasteiger partial charge < -0.3 is 10.1 Å². The molecule has 174 valence electrons. The summed E-state index contributed by atoms with van der Waals surface area (Å²) in [7, 11) is 0. The van der Waals surface area contributed by atoms with Crippen LogP contribution >= 0.6 is 27.5 Å². The summed E-state index contributed by atoms with van der Waals surface area (Å²) < 4.78 is 6.71. The van der Waals surface area contributed by atoms with E-state index in [4.69, 9.17) is 16.3 Å². The van der Waals surface area contributed by atoms with Crippen LogP contribution in [0, 0.1) is 0 Å². The first kappa shape index (κ1) is 23.1. The molecule has 0 spiro atoms. The molecule has 0 radical (unpaired) electrons. The monoisotopic (exact) mass is 546 g/mol. The highest BCUT2D eigenvalue weighted by Gasteiger charge is 2.32. The topological polar surface area (TPSA) is 66.8 Å². The predicted octanol–water partition coefficient (Wildman–Crippen LogP) is 7.33. The number of halogens is 2. The van der Waals surface area contributed by atoms with Crippen molar-refractivity contribution in [2.45, 2.75) is 5.92 Å². The van der Waals surface area contributed by atoms with E-state index in [0.29, 0.717) is 28.9 Å². The van der Waals surface area contributed by atoms with E-state index in [2.05, 4.69) is 31.3 Å². The lowest BCUT2D eigenvalue weighted by Crippen LogP contribution is -2.30. The lowest BCUT2D eigenvalue weighted by Gasteiger charge is -2.16. The third-order valence-electron chi connectivity index (χ3n) is 5.51. The van der Waals surface area contributed by atoms with E-state index in [0.717, 1.165) is 21.3 Å². The van der Waals surface area contributed by atoms with Crippen LogP contribution in [0.5, 0.6) is 11.6 Å². The maximum absolute atomic E-state index is 13.1. The van der Waals surface area contributed by atoms with E-state index in [1.165, 1.54) is 5.01 Å². The lowest BCUT2D eigenvalue weighted by atomic mass is 9.91. The minimum absolute atomic E-state index is 0.0528. The van der Waals surface area contributed by atoms with Gasteiger partial charge in [-0.1, -0.05) is 70.0 Å². The van der Waals surface area contributed by atoms with Crippen molar-refractivity contribution in [1.82, 2.24) is 9.99 Å². The maximum atomic E-state index is 13.1. The van der Waals surface area contributed by atoms with Crippen molar-refractivity contribution < 1.29 is 9.53 Å². The first-order valence-corrected chi connectivity index (χ1v) is 12.1. The van der Waals surface area contributed by atoms with Crippen LogP contribution < -0.4 is 10.1 Å². The first-order valence-electron chi connectivity index (χ1n) is 10.9. The quantitative estimate of drug-likeness (QED) is 0.284. The van der Waals surface area contributed by atoms with Crippen LogP contribution in [-0.4, -0.2) is 28.3 Å². The van der Waals surface area contributed by atoms with E-state index in [1.54, 1.807) is 18.3 Å². The van der Waals surface area contributed by atoms with Gasteiger partial charge in [-0.25, -0.2) is 14.8 Å². The summed E-state index contributed by atoms with van der Waals surface area (Å²) in [6.45, 7) is 0.423. The molecular formula is C27H20BrClN4O2. The summed E-state index contributed by atoms with van der Waals surface area (Å²) in [5.74, 6) is 1.05. The average molecular weight is 548 g/mol. The molecule has 0 fully saturated rings. The number of rotatable bonds is 5. The van der Waals surface area contributed by atoms with Gasteiger partial charge in [0.05, 0.1) is 24.1 Å². The smallest absolute Gasteiger partial charge is 0.342 e. The van der Waals surface area contributed by atoms with Gasteiger partial charge in [-0.2, -0.15) is 5.10 Å². The van der Waals surface area contributed by atoms with Crippen molar-refractivity contribution in [3.63, 3.8) is 0 Å². The molecule has 6 nitrogen and oxygen atoms in total. The molecule has 1 aliphatic rings. The third kappa shape index (κ3) is 5.53. The molecule has 1 aromatic heterocycles. The van der Waals surface area contributed by atoms with Crippen LogP contribution in [0.25, 0.3) is 0 Å². The number of amides is 2. The SMILES string of the molecule is O=C(Nc1ccc(Oc2ccc(Br)cc2)nc1)N1C[C@@H](c2ccccc2)C(c2ccc(Cl)cc2)=N1. The first-order chi connectivity index (χ1) is 17.0. The van der Waals surface area contributed by atoms with Crippen molar-refractivity contribution >= 4 is 45.0 Å². The molecule has 1 N–H and O–H groups in total. The zero-order valence-corrected chi connectivity index (χ0v) is 20.8. The number of nitrogens with zero attached hydrogens (tertiary/aromatic N) is 3. The Morgan fingerprint density at radius 1 is 0.971 bits per heavy atom. The minimum atomic E-state index is -0.335. The van der Waals surface area contributed by atoms with Gasteiger partial charge in [0.15, 0.2) is 0 Å². The zero-order chi connectivity index (χ0) is 24.2. The Kier molecular flexibility index (Phi) is 6.79. The highest BCUT2D eigenvalue weighted by atomic mass is 79.9. The fourth-order valence-corrected chi connectivity index (χ4v) is 4.17. The van der Waals surface area contributed by atoms with Gasteiger partial charge in [-0.3, -0.25) is 0 Å². The van der Waals surface area contributed by atoms with Gasteiger partial charge in [0, 0.05) is 21.5 Å². The second-order valence-electron chi connectivity index (χ2n) is 7.91. The van der Waals surface area contributed by atoms with Crippen LogP contribution in [0.3, 0.4) is 0 Å². The molecular weight excluding hydrogens is 528 g/mol. The number of carbonyl (C=O) groups is 1. The van der Waals surface area contributed by atoms with Crippen LogP contribution in [0.15, 0.2) is 107 Å². The number of hydrazone groups is 1. The van der Waals surface area contributed by atoms with Crippen LogP contribution in [-0.2, 0) is 0 Å². The van der Waals surface area contributed by atoms with Gasteiger partial charge >= 0.3 is 6.03 Å². The highest BCUT2D eigenvalue weighted by Crippen LogP contribution is 2.30. The normalized spacial score (nSPS) is 15.0. The van der Waals surface area contributed by atoms with Gasteiger partial charge in [-0.05, 0) is 53.6 Å². The van der Waals surface area contributed by atoms with E-state index < -0.39 is 0 Å². The fourth-order valence-electron chi connectivity index (χ4n) is 3.78. The summed E-state index contributed by atoms with van der Waals surface area (Å²) >= 11 is 9.47. The summed E-state index contributed by atoms with van der Waals surface area (Å²) in [5, 5.41) is 9.64. The number of anilines is 1. The number of ether oxygens (including phenoxy) is 1. The molecule has 0 bridgehead atoms. The molecule has 5 rings (SSSR count). The van der Waals surface area contributed by atoms with E-state index in [1.807, 2.05) is 78.9 Å². The van der Waals surface area contributed by atoms with Crippen molar-refractivity contribution in [3.05, 3.63) is 118 Å². The van der Waals surface area contributed by atoms with Gasteiger partial charge in [0.2, 0.25) is 5.88 Å². The van der Waals surface area contributed by atoms with Crippen molar-refractivity contribution in [2.75, 3.05) is 11.9 Å². The van der Waals surface area contributed by atoms with Gasteiger partial charge in [0.25, 0.3) is 0 Å². The molecule has 2 amide bonds. The molecule has 8 heteroatoms. The highest BCUT2D eigenvalue weighted by molar-refractivity contribution is 9.10. The van der Waals surface area contributed by atoms with Crippen molar-refractivity contribution in [1.29, 1.82) is 0 Å². The fraction of sp³-hybridized carbons (Fsp3) is 0.0741. The lowest BCUT2D eigenvalue weighted by molar-refractivity contribution is 0.218. The van der Waals surface area contributed by atoms with Crippen molar-refractivity contribution in [2.24, 2.45) is 5.10 Å². The summed E-state index contributed by atoms with van der Waals surface area (Å²) in [4.78, 5) is 17.3. The van der Waals surface area contributed by atoms with Crippen molar-refractivity contribution in [3.8, 4) is 11.6 Å². The number of aromatic nitrogens is 1. The molecule has 0 saturated carbocycles.